The number of nitrogens with one attached hydrogen (secondary N) is 2. The predicted octanol–water partition coefficient (Wildman–Crippen LogP) is 0.848. The number of rotatable bonds is 6. The molecule has 3 rings (SSSR count). The molecule has 0 bridgehead atoms. The first kappa shape index (κ1) is 19.9. The van der Waals surface area contributed by atoms with Crippen molar-refractivity contribution < 1.29 is 14.4 Å². The van der Waals surface area contributed by atoms with E-state index in [0.717, 1.165) is 32.8 Å². The third kappa shape index (κ3) is 5.11. The van der Waals surface area contributed by atoms with Crippen molar-refractivity contribution in [2.75, 3.05) is 39.4 Å². The molecule has 1 aromatic carbocycles. The monoisotopic (exact) mass is 410 g/mol. The van der Waals surface area contributed by atoms with Crippen LogP contribution in [0.4, 0.5) is 0 Å². The molecule has 2 aromatic rings. The van der Waals surface area contributed by atoms with Crippen molar-refractivity contribution in [2.24, 2.45) is 0 Å². The zero-order valence-electron chi connectivity index (χ0n) is 14.8. The summed E-state index contributed by atoms with van der Waals surface area (Å²) in [6, 6.07) is 8.40. The van der Waals surface area contributed by atoms with Crippen LogP contribution in [0.3, 0.4) is 0 Å². The average molecular weight is 411 g/mol. The molecule has 1 aromatic heterocycles. The lowest BCUT2D eigenvalue weighted by molar-refractivity contribution is -0.906. The molecular formula is C19H22Cl2N3O3+. The van der Waals surface area contributed by atoms with Crippen molar-refractivity contribution in [3.8, 4) is 0 Å². The van der Waals surface area contributed by atoms with Crippen molar-refractivity contribution in [3.05, 3.63) is 68.1 Å². The first-order chi connectivity index (χ1) is 13.1. The Morgan fingerprint density at radius 3 is 2.56 bits per heavy atom. The summed E-state index contributed by atoms with van der Waals surface area (Å²) in [5, 5.41) is 3.80. The molecule has 27 heavy (non-hydrogen) atoms. The largest absolute Gasteiger partial charge is 0.370 e. The van der Waals surface area contributed by atoms with Crippen molar-refractivity contribution >= 4 is 29.1 Å². The van der Waals surface area contributed by atoms with Gasteiger partial charge in [0.1, 0.15) is 18.7 Å². The lowest BCUT2D eigenvalue weighted by Crippen LogP contribution is -3.14. The SMILES string of the molecule is O=C(NCC[NH+]1CCOCC1)c1cccn(Cc2c(Cl)cccc2Cl)c1=O. The number of carbonyl (C=O) groups is 1. The maximum Gasteiger partial charge on any atom is 0.263 e. The summed E-state index contributed by atoms with van der Waals surface area (Å²) < 4.78 is 6.76. The number of quaternary nitrogens is 1. The van der Waals surface area contributed by atoms with E-state index >= 15 is 0 Å². The Labute approximate surface area is 167 Å². The van der Waals surface area contributed by atoms with Gasteiger partial charge in [-0.3, -0.25) is 9.59 Å². The van der Waals surface area contributed by atoms with Gasteiger partial charge in [0.05, 0.1) is 32.8 Å². The summed E-state index contributed by atoms with van der Waals surface area (Å²) in [5.41, 5.74) is 0.388. The number of hydrogen-bond donors (Lipinski definition) is 2. The van der Waals surface area contributed by atoms with Gasteiger partial charge in [-0.2, -0.15) is 0 Å². The Morgan fingerprint density at radius 1 is 1.15 bits per heavy atom. The van der Waals surface area contributed by atoms with E-state index in [0.29, 0.717) is 22.2 Å². The fraction of sp³-hybridized carbons (Fsp3) is 0.368. The normalized spacial score (nSPS) is 14.9. The van der Waals surface area contributed by atoms with Gasteiger partial charge in [0.2, 0.25) is 0 Å². The second-order valence-corrected chi connectivity index (χ2v) is 7.24. The highest BCUT2D eigenvalue weighted by Gasteiger charge is 2.16. The van der Waals surface area contributed by atoms with E-state index in [1.165, 1.54) is 15.5 Å². The van der Waals surface area contributed by atoms with Gasteiger partial charge in [0, 0.05) is 21.8 Å². The van der Waals surface area contributed by atoms with E-state index in [-0.39, 0.29) is 23.6 Å². The molecule has 1 saturated heterocycles. The molecule has 8 heteroatoms. The average Bonchev–Trinajstić information content (AvgIpc) is 2.67. The number of pyridine rings is 1. The molecule has 0 spiro atoms. The highest BCUT2D eigenvalue weighted by Crippen LogP contribution is 2.24. The van der Waals surface area contributed by atoms with Crippen LogP contribution in [0.15, 0.2) is 41.3 Å². The van der Waals surface area contributed by atoms with Crippen LogP contribution in [0.1, 0.15) is 15.9 Å². The molecule has 1 aliphatic rings. The van der Waals surface area contributed by atoms with E-state index in [2.05, 4.69) is 5.32 Å². The van der Waals surface area contributed by atoms with Gasteiger partial charge in [0.25, 0.3) is 11.5 Å². The van der Waals surface area contributed by atoms with Gasteiger partial charge in [-0.15, -0.1) is 0 Å². The van der Waals surface area contributed by atoms with Crippen molar-refractivity contribution in [1.29, 1.82) is 0 Å². The highest BCUT2D eigenvalue weighted by atomic mass is 35.5. The third-order valence-corrected chi connectivity index (χ3v) is 5.33. The Balaban J connectivity index is 1.67. The fourth-order valence-electron chi connectivity index (χ4n) is 3.05. The molecule has 1 amide bonds. The number of morpholine rings is 1. The van der Waals surface area contributed by atoms with Gasteiger partial charge in [0.15, 0.2) is 0 Å². The van der Waals surface area contributed by atoms with Crippen LogP contribution in [-0.4, -0.2) is 49.9 Å². The molecule has 1 fully saturated rings. The summed E-state index contributed by atoms with van der Waals surface area (Å²) in [5.74, 6) is -0.368. The molecular weight excluding hydrogens is 389 g/mol. The van der Waals surface area contributed by atoms with Crippen LogP contribution in [0, 0.1) is 0 Å². The molecule has 144 valence electrons. The van der Waals surface area contributed by atoms with Crippen LogP contribution in [-0.2, 0) is 11.3 Å². The number of ether oxygens (including phenoxy) is 1. The zero-order chi connectivity index (χ0) is 19.2. The molecule has 0 unspecified atom stereocenters. The van der Waals surface area contributed by atoms with E-state index in [1.807, 2.05) is 0 Å². The van der Waals surface area contributed by atoms with Gasteiger partial charge in [-0.1, -0.05) is 29.3 Å². The number of halogens is 2. The fourth-order valence-corrected chi connectivity index (χ4v) is 3.56. The van der Waals surface area contributed by atoms with Crippen LogP contribution >= 0.6 is 23.2 Å². The second kappa shape index (κ2) is 9.37. The minimum atomic E-state index is -0.371. The Kier molecular flexibility index (Phi) is 6.90. The summed E-state index contributed by atoms with van der Waals surface area (Å²) >= 11 is 12.4. The maximum atomic E-state index is 12.7. The molecule has 1 aliphatic heterocycles. The highest BCUT2D eigenvalue weighted by molar-refractivity contribution is 6.35. The number of amides is 1. The van der Waals surface area contributed by atoms with Crippen LogP contribution in [0.5, 0.6) is 0 Å². The number of carbonyl (C=O) groups excluding carboxylic acids is 1. The maximum absolute atomic E-state index is 12.7. The smallest absolute Gasteiger partial charge is 0.263 e. The van der Waals surface area contributed by atoms with Crippen molar-refractivity contribution in [3.63, 3.8) is 0 Å². The lowest BCUT2D eigenvalue weighted by Gasteiger charge is -2.23. The summed E-state index contributed by atoms with van der Waals surface area (Å²) in [6.45, 7) is 4.90. The zero-order valence-corrected chi connectivity index (χ0v) is 16.4. The number of nitrogens with zero attached hydrogens (tertiary/aromatic N) is 1. The minimum absolute atomic E-state index is 0.109. The van der Waals surface area contributed by atoms with Crippen molar-refractivity contribution in [1.82, 2.24) is 9.88 Å². The summed E-state index contributed by atoms with van der Waals surface area (Å²) in [6.07, 6.45) is 1.62. The van der Waals surface area contributed by atoms with Crippen molar-refractivity contribution in [2.45, 2.75) is 6.54 Å². The molecule has 0 radical (unpaired) electrons. The van der Waals surface area contributed by atoms with Crippen LogP contribution in [0.2, 0.25) is 10.0 Å². The van der Waals surface area contributed by atoms with Crippen LogP contribution in [0.25, 0.3) is 0 Å². The van der Waals surface area contributed by atoms with Crippen LogP contribution < -0.4 is 15.8 Å². The quantitative estimate of drug-likeness (QED) is 0.741. The van der Waals surface area contributed by atoms with Gasteiger partial charge in [-0.25, -0.2) is 0 Å². The summed E-state index contributed by atoms with van der Waals surface area (Å²) in [4.78, 5) is 26.5. The Bertz CT molecular complexity index is 843. The number of aromatic nitrogens is 1. The van der Waals surface area contributed by atoms with E-state index in [9.17, 15) is 9.59 Å². The first-order valence-corrected chi connectivity index (χ1v) is 9.63. The van der Waals surface area contributed by atoms with E-state index in [1.54, 1.807) is 30.5 Å². The second-order valence-electron chi connectivity index (χ2n) is 6.42. The third-order valence-electron chi connectivity index (χ3n) is 4.62. The topological polar surface area (TPSA) is 64.8 Å². The molecule has 6 nitrogen and oxygen atoms in total. The Morgan fingerprint density at radius 2 is 1.85 bits per heavy atom. The number of benzene rings is 1. The van der Waals surface area contributed by atoms with Gasteiger partial charge in [-0.05, 0) is 24.3 Å². The molecule has 0 saturated carbocycles. The van der Waals surface area contributed by atoms with Gasteiger partial charge < -0.3 is 19.5 Å². The molecule has 2 N–H and O–H groups in total. The standard InChI is InChI=1S/C19H21Cl2N3O3/c20-16-4-1-5-17(21)15(16)13-24-7-2-3-14(19(24)26)18(25)22-6-8-23-9-11-27-12-10-23/h1-5,7H,6,8-13H2,(H,22,25)/p+1. The Hall–Kier alpha value is -1.86. The number of hydrogen-bond acceptors (Lipinski definition) is 3. The first-order valence-electron chi connectivity index (χ1n) is 8.88. The molecule has 0 aliphatic carbocycles. The lowest BCUT2D eigenvalue weighted by atomic mass is 10.2. The summed E-state index contributed by atoms with van der Waals surface area (Å²) in [7, 11) is 0. The van der Waals surface area contributed by atoms with E-state index in [4.69, 9.17) is 27.9 Å². The van der Waals surface area contributed by atoms with Gasteiger partial charge >= 0.3 is 0 Å². The van der Waals surface area contributed by atoms with E-state index < -0.39 is 0 Å². The molecule has 0 atom stereocenters. The predicted molar refractivity (Wildman–Crippen MR) is 105 cm³/mol. The molecule has 2 heterocycles. The minimum Gasteiger partial charge on any atom is -0.370 e.